The first-order chi connectivity index (χ1) is 21.8. The Balaban J connectivity index is 1.35. The van der Waals surface area contributed by atoms with Crippen molar-refractivity contribution in [2.45, 2.75) is 33.4 Å². The SMILES string of the molecule is CCN(CC)C(=O)C1=C(C)N=c2s/c(=C/c3ccc(OCc4ccc5c(c4)OCO5)c(OC)c3)c(=O)n2[C@@H]1c1ccc(Cl)cc1. The van der Waals surface area contributed by atoms with Crippen LogP contribution >= 0.6 is 22.9 Å². The van der Waals surface area contributed by atoms with Crippen molar-refractivity contribution in [3.05, 3.63) is 113 Å². The number of amides is 1. The minimum Gasteiger partial charge on any atom is -0.493 e. The lowest BCUT2D eigenvalue weighted by molar-refractivity contribution is -0.127. The van der Waals surface area contributed by atoms with E-state index in [1.54, 1.807) is 34.8 Å². The lowest BCUT2D eigenvalue weighted by Crippen LogP contribution is -2.43. The van der Waals surface area contributed by atoms with Crippen LogP contribution in [0.2, 0.25) is 5.02 Å². The van der Waals surface area contributed by atoms with E-state index < -0.39 is 6.04 Å². The van der Waals surface area contributed by atoms with Crippen molar-refractivity contribution in [3.8, 4) is 23.0 Å². The molecule has 6 rings (SSSR count). The maximum Gasteiger partial charge on any atom is 0.271 e. The number of fused-ring (bicyclic) bond motifs is 2. The second-order valence-electron chi connectivity index (χ2n) is 10.5. The Bertz CT molecular complexity index is 1980. The summed E-state index contributed by atoms with van der Waals surface area (Å²) in [5, 5.41) is 0.570. The van der Waals surface area contributed by atoms with Crippen LogP contribution in [0.5, 0.6) is 23.0 Å². The quantitative estimate of drug-likeness (QED) is 0.252. The minimum atomic E-state index is -0.643. The van der Waals surface area contributed by atoms with Crippen LogP contribution < -0.4 is 33.8 Å². The van der Waals surface area contributed by atoms with Crippen molar-refractivity contribution in [1.29, 1.82) is 0 Å². The number of ether oxygens (including phenoxy) is 4. The molecular formula is C34H32ClN3O6S. The van der Waals surface area contributed by atoms with E-state index in [0.717, 1.165) is 16.7 Å². The average Bonchev–Trinajstić information content (AvgIpc) is 3.64. The zero-order chi connectivity index (χ0) is 31.7. The molecule has 3 heterocycles. The van der Waals surface area contributed by atoms with Crippen molar-refractivity contribution in [1.82, 2.24) is 9.47 Å². The molecule has 0 radical (unpaired) electrons. The van der Waals surface area contributed by atoms with E-state index in [4.69, 9.17) is 35.5 Å². The molecular weight excluding hydrogens is 614 g/mol. The molecule has 1 atom stereocenters. The third kappa shape index (κ3) is 5.95. The third-order valence-electron chi connectivity index (χ3n) is 7.81. The van der Waals surface area contributed by atoms with E-state index in [9.17, 15) is 9.59 Å². The number of methoxy groups -OCH3 is 1. The van der Waals surface area contributed by atoms with Gasteiger partial charge in [-0.2, -0.15) is 0 Å². The van der Waals surface area contributed by atoms with E-state index in [2.05, 4.69) is 0 Å². The van der Waals surface area contributed by atoms with Gasteiger partial charge in [-0.05, 0) is 79.9 Å². The van der Waals surface area contributed by atoms with Crippen molar-refractivity contribution in [2.75, 3.05) is 27.0 Å². The smallest absolute Gasteiger partial charge is 0.271 e. The molecule has 11 heteroatoms. The molecule has 2 aliphatic heterocycles. The molecule has 9 nitrogen and oxygen atoms in total. The molecule has 1 amide bonds. The fourth-order valence-corrected chi connectivity index (χ4v) is 6.65. The van der Waals surface area contributed by atoms with Crippen molar-refractivity contribution >= 4 is 34.9 Å². The molecule has 0 N–H and O–H groups in total. The fourth-order valence-electron chi connectivity index (χ4n) is 5.47. The van der Waals surface area contributed by atoms with Gasteiger partial charge in [-0.3, -0.25) is 14.2 Å². The predicted molar refractivity (Wildman–Crippen MR) is 173 cm³/mol. The summed E-state index contributed by atoms with van der Waals surface area (Å²) in [6, 6.07) is 17.8. The second kappa shape index (κ2) is 12.8. The van der Waals surface area contributed by atoms with Gasteiger partial charge in [0.05, 0.1) is 29.0 Å². The number of hydrogen-bond donors (Lipinski definition) is 0. The maximum absolute atomic E-state index is 14.0. The van der Waals surface area contributed by atoms with Gasteiger partial charge < -0.3 is 23.8 Å². The molecule has 45 heavy (non-hydrogen) atoms. The van der Waals surface area contributed by atoms with Crippen LogP contribution in [0.15, 0.2) is 81.7 Å². The molecule has 0 aliphatic carbocycles. The molecule has 3 aromatic carbocycles. The van der Waals surface area contributed by atoms with Crippen LogP contribution in [0.4, 0.5) is 0 Å². The highest BCUT2D eigenvalue weighted by Crippen LogP contribution is 2.35. The van der Waals surface area contributed by atoms with E-state index in [-0.39, 0.29) is 18.3 Å². The van der Waals surface area contributed by atoms with E-state index in [0.29, 0.717) is 68.3 Å². The third-order valence-corrected chi connectivity index (χ3v) is 9.04. The van der Waals surface area contributed by atoms with Gasteiger partial charge in [0.2, 0.25) is 6.79 Å². The van der Waals surface area contributed by atoms with Crippen molar-refractivity contribution in [2.24, 2.45) is 4.99 Å². The summed E-state index contributed by atoms with van der Waals surface area (Å²) in [5.74, 6) is 2.35. The van der Waals surface area contributed by atoms with Gasteiger partial charge in [0, 0.05) is 18.1 Å². The van der Waals surface area contributed by atoms with E-state index in [1.165, 1.54) is 11.3 Å². The number of thiazole rings is 1. The highest BCUT2D eigenvalue weighted by molar-refractivity contribution is 7.07. The van der Waals surface area contributed by atoms with Gasteiger partial charge in [0.1, 0.15) is 6.61 Å². The summed E-state index contributed by atoms with van der Waals surface area (Å²) in [5.41, 5.74) is 3.29. The van der Waals surface area contributed by atoms with Gasteiger partial charge >= 0.3 is 0 Å². The molecule has 0 saturated heterocycles. The molecule has 1 aromatic heterocycles. The first-order valence-electron chi connectivity index (χ1n) is 14.6. The fraction of sp³-hybridized carbons (Fsp3) is 0.265. The Morgan fingerprint density at radius 2 is 1.82 bits per heavy atom. The van der Waals surface area contributed by atoms with Crippen LogP contribution in [0.1, 0.15) is 43.5 Å². The monoisotopic (exact) mass is 645 g/mol. The number of hydrogen-bond acceptors (Lipinski definition) is 8. The highest BCUT2D eigenvalue weighted by atomic mass is 35.5. The summed E-state index contributed by atoms with van der Waals surface area (Å²) < 4.78 is 24.6. The van der Waals surface area contributed by atoms with Crippen LogP contribution in [0, 0.1) is 0 Å². The molecule has 0 fully saturated rings. The Labute approximate surface area is 269 Å². The van der Waals surface area contributed by atoms with Crippen LogP contribution in [-0.2, 0) is 11.4 Å². The van der Waals surface area contributed by atoms with Gasteiger partial charge in [-0.25, -0.2) is 4.99 Å². The summed E-state index contributed by atoms with van der Waals surface area (Å²) in [6.45, 7) is 7.30. The van der Waals surface area contributed by atoms with Gasteiger partial charge in [-0.15, -0.1) is 0 Å². The first kappa shape index (κ1) is 30.5. The number of nitrogens with zero attached hydrogens (tertiary/aromatic N) is 3. The van der Waals surface area contributed by atoms with Gasteiger partial charge in [-0.1, -0.05) is 47.2 Å². The molecule has 232 valence electrons. The molecule has 0 bridgehead atoms. The number of halogens is 1. The molecule has 0 unspecified atom stereocenters. The lowest BCUT2D eigenvalue weighted by Gasteiger charge is -2.29. The second-order valence-corrected chi connectivity index (χ2v) is 11.9. The number of allylic oxidation sites excluding steroid dienone is 1. The first-order valence-corrected chi connectivity index (χ1v) is 15.8. The maximum atomic E-state index is 14.0. The zero-order valence-electron chi connectivity index (χ0n) is 25.3. The Morgan fingerprint density at radius 1 is 1.07 bits per heavy atom. The number of likely N-dealkylation sites (N-methyl/N-ethyl adjacent to an activating group) is 1. The molecule has 0 saturated carbocycles. The van der Waals surface area contributed by atoms with Crippen LogP contribution in [0.3, 0.4) is 0 Å². The number of carbonyl (C=O) groups is 1. The number of rotatable bonds is 9. The van der Waals surface area contributed by atoms with Crippen LogP contribution in [-0.4, -0.2) is 42.4 Å². The molecule has 4 aromatic rings. The summed E-state index contributed by atoms with van der Waals surface area (Å²) >= 11 is 7.48. The minimum absolute atomic E-state index is 0.142. The Hall–Kier alpha value is -4.54. The van der Waals surface area contributed by atoms with Gasteiger partial charge in [0.25, 0.3) is 11.5 Å². The van der Waals surface area contributed by atoms with E-state index >= 15 is 0 Å². The molecule has 0 spiro atoms. The predicted octanol–water partition coefficient (Wildman–Crippen LogP) is 5.07. The van der Waals surface area contributed by atoms with Crippen molar-refractivity contribution in [3.63, 3.8) is 0 Å². The van der Waals surface area contributed by atoms with Crippen LogP contribution in [0.25, 0.3) is 6.08 Å². The highest BCUT2D eigenvalue weighted by Gasteiger charge is 2.34. The molecule has 2 aliphatic rings. The number of benzene rings is 3. The average molecular weight is 646 g/mol. The summed E-state index contributed by atoms with van der Waals surface area (Å²) in [4.78, 5) is 34.8. The largest absolute Gasteiger partial charge is 0.493 e. The zero-order valence-corrected chi connectivity index (χ0v) is 26.9. The normalized spacial score (nSPS) is 15.5. The summed E-state index contributed by atoms with van der Waals surface area (Å²) in [6.07, 6.45) is 1.80. The number of carbonyl (C=O) groups excluding carboxylic acids is 1. The standard InChI is InChI=1S/C34H32ClN3O6S/c1-5-37(6-2)33(40)30-20(3)36-34-38(31(30)23-9-11-24(35)12-10-23)32(39)29(45-34)17-21-7-13-25(27(15-21)41-4)42-18-22-8-14-26-28(16-22)44-19-43-26/h7-17,31H,5-6,18-19H2,1-4H3/b29-17+/t31-/m1/s1. The Morgan fingerprint density at radius 3 is 2.56 bits per heavy atom. The van der Waals surface area contributed by atoms with Crippen molar-refractivity contribution < 1.29 is 23.7 Å². The Kier molecular flexibility index (Phi) is 8.69. The lowest BCUT2D eigenvalue weighted by atomic mass is 9.94. The number of aromatic nitrogens is 1. The van der Waals surface area contributed by atoms with Gasteiger partial charge in [0.15, 0.2) is 27.8 Å². The van der Waals surface area contributed by atoms with E-state index in [1.807, 2.05) is 69.3 Å². The topological polar surface area (TPSA) is 91.6 Å². The summed E-state index contributed by atoms with van der Waals surface area (Å²) in [7, 11) is 1.57.